The van der Waals surface area contributed by atoms with Gasteiger partial charge in [0.05, 0.1) is 7.11 Å². The van der Waals surface area contributed by atoms with Gasteiger partial charge in [0.25, 0.3) is 0 Å². The molecule has 0 spiro atoms. The number of aliphatic carboxylic acids is 1. The zero-order valence-corrected chi connectivity index (χ0v) is 10.9. The lowest BCUT2D eigenvalue weighted by Gasteiger charge is -2.09. The minimum atomic E-state index is -0.686. The number of carboxylic acids is 1. The van der Waals surface area contributed by atoms with Gasteiger partial charge in [-0.15, -0.1) is 0 Å². The molecule has 0 radical (unpaired) electrons. The van der Waals surface area contributed by atoms with Gasteiger partial charge in [-0.1, -0.05) is 0 Å². The fourth-order valence-corrected chi connectivity index (χ4v) is 3.20. The smallest absolute Gasteiger partial charge is 0.362 e. The minimum Gasteiger partial charge on any atom is -1.00 e. The molecule has 1 aromatic rings. The number of hydrogen-bond donors (Lipinski definition) is 2. The van der Waals surface area contributed by atoms with E-state index in [1.54, 1.807) is 7.11 Å². The Morgan fingerprint density at radius 3 is 2.94 bits per heavy atom. The fourth-order valence-electron chi connectivity index (χ4n) is 3.20. The third-order valence-corrected chi connectivity index (χ3v) is 4.01. The van der Waals surface area contributed by atoms with Crippen molar-refractivity contribution in [2.45, 2.75) is 24.9 Å². The number of carboxylic acid groups (broad SMARTS) is 1. The van der Waals surface area contributed by atoms with E-state index in [0.29, 0.717) is 12.0 Å². The van der Waals surface area contributed by atoms with Gasteiger partial charge in [-0.2, -0.15) is 0 Å². The molecule has 98 valence electrons. The average Bonchev–Trinajstić information content (AvgIpc) is 2.84. The van der Waals surface area contributed by atoms with Crippen LogP contribution in [0.15, 0.2) is 18.2 Å². The van der Waals surface area contributed by atoms with Gasteiger partial charge in [0, 0.05) is 17.9 Å². The molecule has 0 amide bonds. The van der Waals surface area contributed by atoms with Crippen molar-refractivity contribution in [2.75, 3.05) is 7.11 Å². The molecular weight excluding hydrogens is 254 g/mol. The third-order valence-electron chi connectivity index (χ3n) is 4.01. The van der Waals surface area contributed by atoms with Crippen molar-refractivity contribution in [3.8, 4) is 5.75 Å². The summed E-state index contributed by atoms with van der Waals surface area (Å²) in [6, 6.07) is 6.19. The van der Waals surface area contributed by atoms with E-state index in [1.165, 1.54) is 11.1 Å². The van der Waals surface area contributed by atoms with Crippen molar-refractivity contribution in [3.05, 3.63) is 29.3 Å². The van der Waals surface area contributed by atoms with Gasteiger partial charge >= 0.3 is 5.97 Å². The Bertz CT molecular complexity index is 477. The number of halogens is 1. The van der Waals surface area contributed by atoms with E-state index in [-0.39, 0.29) is 18.4 Å². The number of ether oxygens (including phenoxy) is 1. The topological polar surface area (TPSA) is 63.1 Å². The lowest BCUT2D eigenvalue weighted by atomic mass is 10.0. The van der Waals surface area contributed by atoms with Crippen LogP contribution in [-0.2, 0) is 11.2 Å². The van der Waals surface area contributed by atoms with Crippen LogP contribution in [-0.4, -0.2) is 24.2 Å². The van der Waals surface area contributed by atoms with Crippen molar-refractivity contribution in [2.24, 2.45) is 5.92 Å². The third kappa shape index (κ3) is 1.95. The number of carbonyl (C=O) groups is 1. The number of nitrogens with two attached hydrogens (primary N) is 1. The predicted molar refractivity (Wildman–Crippen MR) is 60.9 cm³/mol. The number of rotatable bonds is 2. The highest BCUT2D eigenvalue weighted by Gasteiger charge is 2.46. The van der Waals surface area contributed by atoms with Gasteiger partial charge < -0.3 is 27.6 Å². The molecule has 0 unspecified atom stereocenters. The molecule has 3 N–H and O–H groups in total. The summed E-state index contributed by atoms with van der Waals surface area (Å²) in [5.74, 6) is 0.672. The van der Waals surface area contributed by atoms with Gasteiger partial charge in [0.15, 0.2) is 6.04 Å². The summed E-state index contributed by atoms with van der Waals surface area (Å²) < 4.78 is 5.22. The van der Waals surface area contributed by atoms with Crippen LogP contribution in [0.2, 0.25) is 0 Å². The second-order valence-electron chi connectivity index (χ2n) is 4.93. The van der Waals surface area contributed by atoms with Crippen LogP contribution in [0.1, 0.15) is 23.6 Å². The molecule has 0 bridgehead atoms. The van der Waals surface area contributed by atoms with Crippen LogP contribution >= 0.6 is 0 Å². The highest BCUT2D eigenvalue weighted by atomic mass is 35.5. The molecule has 3 rings (SSSR count). The van der Waals surface area contributed by atoms with Gasteiger partial charge in [-0.3, -0.25) is 0 Å². The Labute approximate surface area is 112 Å². The van der Waals surface area contributed by atoms with Crippen molar-refractivity contribution in [1.82, 2.24) is 0 Å². The summed E-state index contributed by atoms with van der Waals surface area (Å²) in [5, 5.41) is 11.1. The number of hydrogen-bond acceptors (Lipinski definition) is 2. The zero-order valence-electron chi connectivity index (χ0n) is 10.1. The molecule has 3 atom stereocenters. The number of quaternary nitrogens is 1. The quantitative estimate of drug-likeness (QED) is 0.616. The Morgan fingerprint density at radius 2 is 2.28 bits per heavy atom. The van der Waals surface area contributed by atoms with E-state index in [9.17, 15) is 4.79 Å². The van der Waals surface area contributed by atoms with Crippen LogP contribution in [0.25, 0.3) is 0 Å². The van der Waals surface area contributed by atoms with Crippen LogP contribution in [0, 0.1) is 5.92 Å². The molecular formula is C13H16ClNO3. The molecule has 5 heteroatoms. The number of methoxy groups -OCH3 is 1. The number of fused-ring (bicyclic) bond motifs is 3. The number of benzene rings is 1. The Kier molecular flexibility index (Phi) is 3.50. The highest BCUT2D eigenvalue weighted by Crippen LogP contribution is 2.40. The lowest BCUT2D eigenvalue weighted by molar-refractivity contribution is -0.699. The predicted octanol–water partition coefficient (Wildman–Crippen LogP) is -2.67. The molecule has 0 aromatic heterocycles. The molecule has 0 saturated carbocycles. The van der Waals surface area contributed by atoms with Gasteiger partial charge in [-0.25, -0.2) is 4.79 Å². The van der Waals surface area contributed by atoms with Crippen molar-refractivity contribution in [1.29, 1.82) is 0 Å². The first-order chi connectivity index (χ1) is 8.19. The van der Waals surface area contributed by atoms with E-state index in [0.717, 1.165) is 18.6 Å². The second-order valence-corrected chi connectivity index (χ2v) is 4.93. The molecule has 1 saturated heterocycles. The monoisotopic (exact) mass is 269 g/mol. The summed E-state index contributed by atoms with van der Waals surface area (Å²) in [6.45, 7) is 0. The van der Waals surface area contributed by atoms with Crippen molar-refractivity contribution >= 4 is 5.97 Å². The zero-order chi connectivity index (χ0) is 12.0. The van der Waals surface area contributed by atoms with Gasteiger partial charge in [0.2, 0.25) is 0 Å². The molecule has 1 heterocycles. The van der Waals surface area contributed by atoms with Crippen LogP contribution in [0.4, 0.5) is 0 Å². The van der Waals surface area contributed by atoms with E-state index >= 15 is 0 Å². The van der Waals surface area contributed by atoms with Crippen LogP contribution < -0.4 is 22.5 Å². The summed E-state index contributed by atoms with van der Waals surface area (Å²) in [7, 11) is 1.67. The maximum Gasteiger partial charge on any atom is 0.362 e. The first-order valence-electron chi connectivity index (χ1n) is 5.93. The van der Waals surface area contributed by atoms with Crippen LogP contribution in [0.3, 0.4) is 0 Å². The Hall–Kier alpha value is -1.26. The summed E-state index contributed by atoms with van der Waals surface area (Å²) in [6.07, 6.45) is 1.76. The molecule has 1 fully saturated rings. The average molecular weight is 270 g/mol. The maximum absolute atomic E-state index is 11.0. The van der Waals surface area contributed by atoms with E-state index < -0.39 is 5.97 Å². The summed E-state index contributed by atoms with van der Waals surface area (Å²) >= 11 is 0. The van der Waals surface area contributed by atoms with Crippen LogP contribution in [0.5, 0.6) is 5.75 Å². The molecule has 1 aliphatic heterocycles. The molecule has 1 aliphatic carbocycles. The lowest BCUT2D eigenvalue weighted by Crippen LogP contribution is -3.00. The standard InChI is InChI=1S/C13H15NO3.ClH/c1-17-9-2-3-10-7(5-9)4-8-6-11(13(15)16)14-12(8)10;/h2-3,5,8,11-12,14H,4,6H2,1H3,(H,15,16);1H/t8-,11+,12+;/m1./s1. The minimum absolute atomic E-state index is 0. The molecule has 18 heavy (non-hydrogen) atoms. The summed E-state index contributed by atoms with van der Waals surface area (Å²) in [4.78, 5) is 11.0. The Balaban J connectivity index is 0.00000120. The van der Waals surface area contributed by atoms with Gasteiger partial charge in [-0.05, 0) is 30.2 Å². The largest absolute Gasteiger partial charge is 1.00 e. The SMILES string of the molecule is COc1ccc2c(c1)C[C@@H]1C[C@@H](C(=O)O)[NH2+][C@H]21.[Cl-]. The van der Waals surface area contributed by atoms with Crippen molar-refractivity contribution < 1.29 is 32.4 Å². The van der Waals surface area contributed by atoms with E-state index in [2.05, 4.69) is 12.1 Å². The first-order valence-corrected chi connectivity index (χ1v) is 5.93. The second kappa shape index (κ2) is 4.78. The highest BCUT2D eigenvalue weighted by molar-refractivity contribution is 5.72. The van der Waals surface area contributed by atoms with E-state index in [1.807, 2.05) is 11.4 Å². The summed E-state index contributed by atoms with van der Waals surface area (Å²) in [5.41, 5.74) is 2.61. The molecule has 2 aliphatic rings. The first kappa shape index (κ1) is 13.2. The Morgan fingerprint density at radius 1 is 1.50 bits per heavy atom. The molecule has 4 nitrogen and oxygen atoms in total. The molecule has 1 aromatic carbocycles. The fraction of sp³-hybridized carbons (Fsp3) is 0.462. The normalized spacial score (nSPS) is 28.2. The maximum atomic E-state index is 11.0. The van der Waals surface area contributed by atoms with Crippen molar-refractivity contribution in [3.63, 3.8) is 0 Å². The van der Waals surface area contributed by atoms with Gasteiger partial charge in [0.1, 0.15) is 11.8 Å². The van der Waals surface area contributed by atoms with E-state index in [4.69, 9.17) is 9.84 Å².